The number of carboxylic acid groups (broad SMARTS) is 1. The maximum atomic E-state index is 11.6. The summed E-state index contributed by atoms with van der Waals surface area (Å²) in [4.78, 5) is 22.6. The van der Waals surface area contributed by atoms with Crippen molar-refractivity contribution >= 4 is 11.9 Å². The fourth-order valence-corrected chi connectivity index (χ4v) is 1.60. The van der Waals surface area contributed by atoms with E-state index in [0.717, 1.165) is 6.42 Å². The van der Waals surface area contributed by atoms with Crippen LogP contribution in [0.3, 0.4) is 0 Å². The highest BCUT2D eigenvalue weighted by Crippen LogP contribution is 2.08. The lowest BCUT2D eigenvalue weighted by Gasteiger charge is -2.18. The summed E-state index contributed by atoms with van der Waals surface area (Å²) >= 11 is 0. The van der Waals surface area contributed by atoms with Gasteiger partial charge in [-0.05, 0) is 24.8 Å². The lowest BCUT2D eigenvalue weighted by atomic mass is 10.0. The first kappa shape index (κ1) is 15.9. The Hall–Kier alpha value is -1.10. The molecule has 100 valence electrons. The van der Waals surface area contributed by atoms with Gasteiger partial charge in [-0.3, -0.25) is 4.79 Å². The van der Waals surface area contributed by atoms with Crippen molar-refractivity contribution in [3.63, 3.8) is 0 Å². The average molecular weight is 244 g/mol. The maximum Gasteiger partial charge on any atom is 0.326 e. The van der Waals surface area contributed by atoms with Crippen LogP contribution in [0.1, 0.15) is 40.0 Å². The Labute approximate surface area is 103 Å². The number of carbonyl (C=O) groups is 2. The summed E-state index contributed by atoms with van der Waals surface area (Å²) in [6, 6.07) is -0.794. The Kier molecular flexibility index (Phi) is 7.54. The van der Waals surface area contributed by atoms with Crippen LogP contribution < -0.4 is 11.1 Å². The molecule has 0 aromatic heterocycles. The van der Waals surface area contributed by atoms with E-state index in [1.807, 2.05) is 20.8 Å². The smallest absolute Gasteiger partial charge is 0.326 e. The Morgan fingerprint density at radius 2 is 1.94 bits per heavy atom. The van der Waals surface area contributed by atoms with Crippen molar-refractivity contribution in [3.8, 4) is 0 Å². The van der Waals surface area contributed by atoms with Gasteiger partial charge in [-0.1, -0.05) is 27.2 Å². The van der Waals surface area contributed by atoms with Crippen molar-refractivity contribution in [1.82, 2.24) is 5.32 Å². The number of carbonyl (C=O) groups excluding carboxylic acids is 1. The quantitative estimate of drug-likeness (QED) is 0.593. The van der Waals surface area contributed by atoms with Crippen LogP contribution in [0.5, 0.6) is 0 Å². The second kappa shape index (κ2) is 8.06. The molecule has 0 heterocycles. The van der Waals surface area contributed by atoms with Crippen molar-refractivity contribution in [3.05, 3.63) is 0 Å². The molecule has 1 amide bonds. The molecule has 0 fully saturated rings. The third-order valence-electron chi connectivity index (χ3n) is 2.73. The van der Waals surface area contributed by atoms with Crippen LogP contribution in [0, 0.1) is 11.8 Å². The Balaban J connectivity index is 4.25. The molecule has 0 aliphatic carbocycles. The van der Waals surface area contributed by atoms with Gasteiger partial charge in [-0.25, -0.2) is 4.79 Å². The van der Waals surface area contributed by atoms with E-state index in [4.69, 9.17) is 10.8 Å². The number of nitrogens with two attached hydrogens (primary N) is 1. The van der Waals surface area contributed by atoms with E-state index >= 15 is 0 Å². The summed E-state index contributed by atoms with van der Waals surface area (Å²) in [7, 11) is 0. The van der Waals surface area contributed by atoms with E-state index in [1.54, 1.807) is 0 Å². The second-order valence-corrected chi connectivity index (χ2v) is 4.80. The average Bonchev–Trinajstić information content (AvgIpc) is 2.24. The van der Waals surface area contributed by atoms with E-state index in [-0.39, 0.29) is 17.7 Å². The summed E-state index contributed by atoms with van der Waals surface area (Å²) in [6.45, 7) is 6.27. The molecule has 0 spiro atoms. The zero-order valence-electron chi connectivity index (χ0n) is 10.9. The minimum atomic E-state index is -0.979. The molecule has 0 saturated heterocycles. The highest BCUT2D eigenvalue weighted by molar-refractivity contribution is 5.83. The predicted octanol–water partition coefficient (Wildman–Crippen LogP) is 0.977. The molecule has 0 radical (unpaired) electrons. The largest absolute Gasteiger partial charge is 0.480 e. The fourth-order valence-electron chi connectivity index (χ4n) is 1.60. The van der Waals surface area contributed by atoms with E-state index in [1.165, 1.54) is 0 Å². The number of rotatable bonds is 8. The van der Waals surface area contributed by atoms with E-state index in [2.05, 4.69) is 5.32 Å². The Morgan fingerprint density at radius 3 is 2.29 bits per heavy atom. The normalized spacial score (nSPS) is 14.4. The molecule has 0 bridgehead atoms. The van der Waals surface area contributed by atoms with Gasteiger partial charge < -0.3 is 16.2 Å². The monoisotopic (exact) mass is 244 g/mol. The Bertz CT molecular complexity index is 250. The first-order valence-electron chi connectivity index (χ1n) is 6.12. The first-order valence-corrected chi connectivity index (χ1v) is 6.12. The molecule has 0 rings (SSSR count). The van der Waals surface area contributed by atoms with Crippen LogP contribution in [0.4, 0.5) is 0 Å². The van der Waals surface area contributed by atoms with Gasteiger partial charge in [0.05, 0.1) is 0 Å². The number of aliphatic carboxylic acids is 1. The van der Waals surface area contributed by atoms with Gasteiger partial charge in [-0.2, -0.15) is 0 Å². The molecule has 2 atom stereocenters. The van der Waals surface area contributed by atoms with Gasteiger partial charge in [0.1, 0.15) is 6.04 Å². The van der Waals surface area contributed by atoms with Crippen molar-refractivity contribution in [1.29, 1.82) is 0 Å². The predicted molar refractivity (Wildman–Crippen MR) is 66.5 cm³/mol. The molecule has 17 heavy (non-hydrogen) atoms. The van der Waals surface area contributed by atoms with Crippen LogP contribution in [-0.2, 0) is 9.59 Å². The van der Waals surface area contributed by atoms with E-state index in [9.17, 15) is 9.59 Å². The lowest BCUT2D eigenvalue weighted by molar-refractivity contribution is -0.142. The van der Waals surface area contributed by atoms with Crippen LogP contribution in [-0.4, -0.2) is 29.6 Å². The summed E-state index contributed by atoms with van der Waals surface area (Å²) in [5.41, 5.74) is 5.51. The fraction of sp³-hybridized carbons (Fsp3) is 0.833. The third kappa shape index (κ3) is 6.94. The molecule has 4 N–H and O–H groups in total. The molecular weight excluding hydrogens is 220 g/mol. The number of carboxylic acids is 1. The molecule has 0 aromatic rings. The number of amides is 1. The number of nitrogens with one attached hydrogen (secondary N) is 1. The van der Waals surface area contributed by atoms with Gasteiger partial charge >= 0.3 is 5.97 Å². The van der Waals surface area contributed by atoms with E-state index in [0.29, 0.717) is 19.4 Å². The molecule has 5 nitrogen and oxygen atoms in total. The maximum absolute atomic E-state index is 11.6. The standard InChI is InChI=1S/C12H24N2O3/c1-4-9(7-13)6-11(15)14-10(12(16)17)5-8(2)3/h8-10H,4-7,13H2,1-3H3,(H,14,15)(H,16,17). The minimum absolute atomic E-state index is 0.128. The van der Waals surface area contributed by atoms with Crippen molar-refractivity contribution < 1.29 is 14.7 Å². The summed E-state index contributed by atoms with van der Waals surface area (Å²) in [5, 5.41) is 11.5. The number of hydrogen-bond donors (Lipinski definition) is 3. The summed E-state index contributed by atoms with van der Waals surface area (Å²) in [6.07, 6.45) is 1.57. The topological polar surface area (TPSA) is 92.4 Å². The zero-order valence-corrected chi connectivity index (χ0v) is 10.9. The van der Waals surface area contributed by atoms with Crippen LogP contribution in [0.15, 0.2) is 0 Å². The molecular formula is C12H24N2O3. The molecule has 0 aliphatic heterocycles. The lowest BCUT2D eigenvalue weighted by Crippen LogP contribution is -2.42. The first-order chi connectivity index (χ1) is 7.90. The van der Waals surface area contributed by atoms with E-state index < -0.39 is 12.0 Å². The highest BCUT2D eigenvalue weighted by Gasteiger charge is 2.21. The zero-order chi connectivity index (χ0) is 13.4. The molecule has 2 unspecified atom stereocenters. The van der Waals surface area contributed by atoms with Gasteiger partial charge in [0.25, 0.3) is 0 Å². The van der Waals surface area contributed by atoms with Crippen molar-refractivity contribution in [2.75, 3.05) is 6.54 Å². The van der Waals surface area contributed by atoms with Gasteiger partial charge in [-0.15, -0.1) is 0 Å². The second-order valence-electron chi connectivity index (χ2n) is 4.80. The van der Waals surface area contributed by atoms with Gasteiger partial charge in [0, 0.05) is 6.42 Å². The van der Waals surface area contributed by atoms with Crippen molar-refractivity contribution in [2.45, 2.75) is 46.1 Å². The Morgan fingerprint density at radius 1 is 1.35 bits per heavy atom. The molecule has 0 aliphatic rings. The molecule has 0 aromatic carbocycles. The number of hydrogen-bond acceptors (Lipinski definition) is 3. The van der Waals surface area contributed by atoms with Gasteiger partial charge in [0.15, 0.2) is 0 Å². The SMILES string of the molecule is CCC(CN)CC(=O)NC(CC(C)C)C(=O)O. The summed E-state index contributed by atoms with van der Waals surface area (Å²) in [5.74, 6) is -0.848. The molecule has 5 heteroatoms. The van der Waals surface area contributed by atoms with Crippen molar-refractivity contribution in [2.24, 2.45) is 17.6 Å². The summed E-state index contributed by atoms with van der Waals surface area (Å²) < 4.78 is 0. The van der Waals surface area contributed by atoms with Crippen LogP contribution in [0.25, 0.3) is 0 Å². The van der Waals surface area contributed by atoms with Gasteiger partial charge in [0.2, 0.25) is 5.91 Å². The minimum Gasteiger partial charge on any atom is -0.480 e. The third-order valence-corrected chi connectivity index (χ3v) is 2.73. The van der Waals surface area contributed by atoms with Crippen LogP contribution >= 0.6 is 0 Å². The molecule has 0 saturated carbocycles. The van der Waals surface area contributed by atoms with Crippen LogP contribution in [0.2, 0.25) is 0 Å². The highest BCUT2D eigenvalue weighted by atomic mass is 16.4.